The zero-order valence-electron chi connectivity index (χ0n) is 10.1. The molecule has 2 rings (SSSR count). The van der Waals surface area contributed by atoms with Gasteiger partial charge in [-0.2, -0.15) is 5.10 Å². The molecule has 0 aliphatic rings. The standard InChI is InChI=1S/C12H17N3OS/c1-10-8-12(15(2)14-10)17-7-5-13-9-11-4-3-6-16-11/h3-4,6,8,13H,5,7,9H2,1-2H3. The second-order valence-electron chi connectivity index (χ2n) is 3.85. The summed E-state index contributed by atoms with van der Waals surface area (Å²) < 4.78 is 7.16. The van der Waals surface area contributed by atoms with Gasteiger partial charge in [-0.25, -0.2) is 0 Å². The average molecular weight is 251 g/mol. The topological polar surface area (TPSA) is 43.0 Å². The third kappa shape index (κ3) is 3.64. The molecule has 0 saturated heterocycles. The number of rotatable bonds is 6. The van der Waals surface area contributed by atoms with Gasteiger partial charge < -0.3 is 9.73 Å². The van der Waals surface area contributed by atoms with E-state index in [1.165, 1.54) is 5.03 Å². The molecule has 17 heavy (non-hydrogen) atoms. The smallest absolute Gasteiger partial charge is 0.117 e. The number of aromatic nitrogens is 2. The predicted octanol–water partition coefficient (Wildman–Crippen LogP) is 2.20. The number of hydrogen-bond acceptors (Lipinski definition) is 4. The van der Waals surface area contributed by atoms with Crippen LogP contribution in [0.25, 0.3) is 0 Å². The molecular weight excluding hydrogens is 234 g/mol. The molecule has 4 nitrogen and oxygen atoms in total. The van der Waals surface area contributed by atoms with Gasteiger partial charge in [-0.1, -0.05) is 0 Å². The van der Waals surface area contributed by atoms with E-state index in [0.29, 0.717) is 0 Å². The van der Waals surface area contributed by atoms with E-state index in [2.05, 4.69) is 16.5 Å². The summed E-state index contributed by atoms with van der Waals surface area (Å²) in [5, 5.41) is 8.86. The highest BCUT2D eigenvalue weighted by molar-refractivity contribution is 7.99. The molecule has 0 amide bonds. The van der Waals surface area contributed by atoms with Crippen LogP contribution in [-0.4, -0.2) is 22.1 Å². The van der Waals surface area contributed by atoms with Crippen molar-refractivity contribution in [3.05, 3.63) is 35.9 Å². The van der Waals surface area contributed by atoms with E-state index in [0.717, 1.165) is 30.3 Å². The summed E-state index contributed by atoms with van der Waals surface area (Å²) in [4.78, 5) is 0. The van der Waals surface area contributed by atoms with Crippen LogP contribution in [0.5, 0.6) is 0 Å². The largest absolute Gasteiger partial charge is 0.468 e. The zero-order valence-corrected chi connectivity index (χ0v) is 11.0. The van der Waals surface area contributed by atoms with Crippen LogP contribution in [0.3, 0.4) is 0 Å². The lowest BCUT2D eigenvalue weighted by Gasteiger charge is -2.03. The van der Waals surface area contributed by atoms with E-state index in [4.69, 9.17) is 4.42 Å². The maximum absolute atomic E-state index is 5.24. The fourth-order valence-electron chi connectivity index (χ4n) is 1.57. The SMILES string of the molecule is Cc1cc(SCCNCc2ccco2)n(C)n1. The van der Waals surface area contributed by atoms with E-state index < -0.39 is 0 Å². The second kappa shape index (κ2) is 5.93. The lowest BCUT2D eigenvalue weighted by Crippen LogP contribution is -2.16. The van der Waals surface area contributed by atoms with Crippen LogP contribution >= 0.6 is 11.8 Å². The highest BCUT2D eigenvalue weighted by atomic mass is 32.2. The van der Waals surface area contributed by atoms with Crippen LogP contribution < -0.4 is 5.32 Å². The fraction of sp³-hybridized carbons (Fsp3) is 0.417. The number of furan rings is 1. The summed E-state index contributed by atoms with van der Waals surface area (Å²) in [6.45, 7) is 3.76. The van der Waals surface area contributed by atoms with Gasteiger partial charge in [0, 0.05) is 19.3 Å². The summed E-state index contributed by atoms with van der Waals surface area (Å²) in [7, 11) is 1.98. The summed E-state index contributed by atoms with van der Waals surface area (Å²) in [5.74, 6) is 2.01. The molecule has 0 radical (unpaired) electrons. The summed E-state index contributed by atoms with van der Waals surface area (Å²) in [6, 6.07) is 5.99. The molecule has 0 spiro atoms. The molecule has 0 fully saturated rings. The molecule has 2 aromatic rings. The molecule has 0 aromatic carbocycles. The minimum Gasteiger partial charge on any atom is -0.468 e. The van der Waals surface area contributed by atoms with Gasteiger partial charge in [0.1, 0.15) is 5.76 Å². The lowest BCUT2D eigenvalue weighted by atomic mass is 10.4. The minimum absolute atomic E-state index is 0.790. The van der Waals surface area contributed by atoms with Crippen LogP contribution in [0.1, 0.15) is 11.5 Å². The Labute approximate surface area is 105 Å². The van der Waals surface area contributed by atoms with Crippen LogP contribution in [0.2, 0.25) is 0 Å². The fourth-order valence-corrected chi connectivity index (χ4v) is 2.51. The van der Waals surface area contributed by atoms with Crippen molar-refractivity contribution in [1.82, 2.24) is 15.1 Å². The van der Waals surface area contributed by atoms with E-state index in [1.807, 2.05) is 42.5 Å². The molecule has 0 bridgehead atoms. The van der Waals surface area contributed by atoms with Crippen LogP contribution in [0.4, 0.5) is 0 Å². The Morgan fingerprint density at radius 3 is 3.06 bits per heavy atom. The van der Waals surface area contributed by atoms with Gasteiger partial charge in [-0.3, -0.25) is 4.68 Å². The molecule has 0 aliphatic carbocycles. The van der Waals surface area contributed by atoms with Gasteiger partial charge in [-0.15, -0.1) is 11.8 Å². The summed E-state index contributed by atoms with van der Waals surface area (Å²) >= 11 is 1.81. The van der Waals surface area contributed by atoms with Gasteiger partial charge in [0.05, 0.1) is 23.5 Å². The third-order valence-electron chi connectivity index (χ3n) is 2.37. The second-order valence-corrected chi connectivity index (χ2v) is 4.97. The highest BCUT2D eigenvalue weighted by Crippen LogP contribution is 2.17. The monoisotopic (exact) mass is 251 g/mol. The van der Waals surface area contributed by atoms with Crippen LogP contribution in [-0.2, 0) is 13.6 Å². The molecule has 2 aromatic heterocycles. The average Bonchev–Trinajstić information content (AvgIpc) is 2.89. The molecule has 0 atom stereocenters. The molecule has 2 heterocycles. The van der Waals surface area contributed by atoms with Gasteiger partial charge >= 0.3 is 0 Å². The molecule has 0 unspecified atom stereocenters. The minimum atomic E-state index is 0.790. The highest BCUT2D eigenvalue weighted by Gasteiger charge is 2.02. The zero-order chi connectivity index (χ0) is 12.1. The first kappa shape index (κ1) is 12.3. The van der Waals surface area contributed by atoms with E-state index >= 15 is 0 Å². The summed E-state index contributed by atoms with van der Waals surface area (Å²) in [6.07, 6.45) is 1.70. The Balaban J connectivity index is 1.65. The van der Waals surface area contributed by atoms with Crippen molar-refractivity contribution in [2.45, 2.75) is 18.5 Å². The van der Waals surface area contributed by atoms with Gasteiger partial charge in [-0.05, 0) is 25.1 Å². The Kier molecular flexibility index (Phi) is 4.28. The molecule has 92 valence electrons. The number of nitrogens with one attached hydrogen (secondary N) is 1. The lowest BCUT2D eigenvalue weighted by molar-refractivity contribution is 0.488. The maximum atomic E-state index is 5.24. The van der Waals surface area contributed by atoms with Gasteiger partial charge in [0.15, 0.2) is 0 Å². The van der Waals surface area contributed by atoms with E-state index in [9.17, 15) is 0 Å². The van der Waals surface area contributed by atoms with Crippen molar-refractivity contribution in [3.8, 4) is 0 Å². The maximum Gasteiger partial charge on any atom is 0.117 e. The van der Waals surface area contributed by atoms with Gasteiger partial charge in [0.25, 0.3) is 0 Å². The van der Waals surface area contributed by atoms with Crippen LogP contribution in [0, 0.1) is 6.92 Å². The van der Waals surface area contributed by atoms with Crippen molar-refractivity contribution in [2.75, 3.05) is 12.3 Å². The van der Waals surface area contributed by atoms with Crippen LogP contribution in [0.15, 0.2) is 33.9 Å². The molecule has 0 aliphatic heterocycles. The Hall–Kier alpha value is -1.20. The first-order valence-electron chi connectivity index (χ1n) is 5.62. The molecule has 0 saturated carbocycles. The number of nitrogens with zero attached hydrogens (tertiary/aromatic N) is 2. The quantitative estimate of drug-likeness (QED) is 0.631. The predicted molar refractivity (Wildman–Crippen MR) is 69.1 cm³/mol. The Bertz CT molecular complexity index is 450. The molecule has 5 heteroatoms. The number of hydrogen-bond donors (Lipinski definition) is 1. The first-order chi connectivity index (χ1) is 8.25. The van der Waals surface area contributed by atoms with Crippen molar-refractivity contribution in [2.24, 2.45) is 7.05 Å². The number of thioether (sulfide) groups is 1. The Morgan fingerprint density at radius 2 is 2.41 bits per heavy atom. The van der Waals surface area contributed by atoms with E-state index in [1.54, 1.807) is 6.26 Å². The van der Waals surface area contributed by atoms with E-state index in [-0.39, 0.29) is 0 Å². The number of aryl methyl sites for hydroxylation is 2. The molecule has 1 N–H and O–H groups in total. The van der Waals surface area contributed by atoms with Crippen molar-refractivity contribution < 1.29 is 4.42 Å². The van der Waals surface area contributed by atoms with Crippen molar-refractivity contribution in [3.63, 3.8) is 0 Å². The normalized spacial score (nSPS) is 10.9. The van der Waals surface area contributed by atoms with Crippen molar-refractivity contribution in [1.29, 1.82) is 0 Å². The third-order valence-corrected chi connectivity index (χ3v) is 3.45. The molecular formula is C12H17N3OS. The Morgan fingerprint density at radius 1 is 1.53 bits per heavy atom. The van der Waals surface area contributed by atoms with Gasteiger partial charge in [0.2, 0.25) is 0 Å². The van der Waals surface area contributed by atoms with Crippen molar-refractivity contribution >= 4 is 11.8 Å². The summed E-state index contributed by atoms with van der Waals surface area (Å²) in [5.41, 5.74) is 1.07. The first-order valence-corrected chi connectivity index (χ1v) is 6.61.